The fraction of sp³-hybridized carbons (Fsp3) is 0.444. The number of hydrogen-bond donors (Lipinski definition) is 2. The molecule has 2 rings (SSSR count). The van der Waals surface area contributed by atoms with E-state index < -0.39 is 9.84 Å². The first-order chi connectivity index (χ1) is 12.8. The third-order valence-electron chi connectivity index (χ3n) is 3.86. The second kappa shape index (κ2) is 11.3. The third-order valence-corrected chi connectivity index (χ3v) is 4.84. The molecule has 1 unspecified atom stereocenters. The van der Waals surface area contributed by atoms with Crippen LogP contribution in [0.25, 0.3) is 5.69 Å². The summed E-state index contributed by atoms with van der Waals surface area (Å²) < 4.78 is 38.5. The first-order valence-electron chi connectivity index (χ1n) is 8.78. The molecule has 1 heterocycles. The summed E-state index contributed by atoms with van der Waals surface area (Å²) in [4.78, 5) is 8.38. The Balaban J connectivity index is 0.00000392. The highest BCUT2D eigenvalue weighted by molar-refractivity contribution is 14.0. The molecule has 1 aromatic heterocycles. The smallest absolute Gasteiger partial charge is 0.191 e. The molecule has 0 fully saturated rings. The first-order valence-corrected chi connectivity index (χ1v) is 10.8. The second-order valence-corrected chi connectivity index (χ2v) is 8.67. The predicted octanol–water partition coefficient (Wildman–Crippen LogP) is 2.51. The van der Waals surface area contributed by atoms with Gasteiger partial charge in [-0.25, -0.2) is 22.8 Å². The monoisotopic (exact) mass is 523 g/mol. The highest BCUT2D eigenvalue weighted by Crippen LogP contribution is 2.15. The number of benzene rings is 1. The molecular weight excluding hydrogens is 496 g/mol. The number of hydrogen-bond acceptors (Lipinski definition) is 4. The molecule has 0 amide bonds. The van der Waals surface area contributed by atoms with E-state index in [9.17, 15) is 12.8 Å². The number of guanidine groups is 1. The van der Waals surface area contributed by atoms with Crippen LogP contribution in [-0.4, -0.2) is 48.5 Å². The van der Waals surface area contributed by atoms with Gasteiger partial charge in [0.15, 0.2) is 5.96 Å². The predicted molar refractivity (Wildman–Crippen MR) is 121 cm³/mol. The zero-order valence-electron chi connectivity index (χ0n) is 16.2. The topological polar surface area (TPSA) is 88.4 Å². The van der Waals surface area contributed by atoms with Gasteiger partial charge in [0.1, 0.15) is 15.7 Å². The van der Waals surface area contributed by atoms with Gasteiger partial charge < -0.3 is 15.2 Å². The lowest BCUT2D eigenvalue weighted by atomic mass is 10.2. The summed E-state index contributed by atoms with van der Waals surface area (Å²) in [5.74, 6) is 0.333. The van der Waals surface area contributed by atoms with Crippen LogP contribution in [-0.2, 0) is 16.4 Å². The van der Waals surface area contributed by atoms with Gasteiger partial charge in [-0.15, -0.1) is 24.0 Å². The van der Waals surface area contributed by atoms with E-state index in [0.29, 0.717) is 31.2 Å². The zero-order valence-corrected chi connectivity index (χ0v) is 19.4. The lowest BCUT2D eigenvalue weighted by Gasteiger charge is -2.17. The Hall–Kier alpha value is -1.69. The zero-order chi connectivity index (χ0) is 19.9. The van der Waals surface area contributed by atoms with Crippen LogP contribution < -0.4 is 10.6 Å². The van der Waals surface area contributed by atoms with Gasteiger partial charge in [-0.05, 0) is 38.0 Å². The van der Waals surface area contributed by atoms with Crippen molar-refractivity contribution >= 4 is 39.8 Å². The molecule has 0 bridgehead atoms. The van der Waals surface area contributed by atoms with Crippen LogP contribution in [0, 0.1) is 5.82 Å². The van der Waals surface area contributed by atoms with Gasteiger partial charge in [0, 0.05) is 31.2 Å². The molecule has 10 heteroatoms. The van der Waals surface area contributed by atoms with E-state index in [4.69, 9.17) is 0 Å². The Labute approximate surface area is 182 Å². The van der Waals surface area contributed by atoms with E-state index in [1.54, 1.807) is 29.4 Å². The van der Waals surface area contributed by atoms with E-state index in [-0.39, 0.29) is 41.6 Å². The summed E-state index contributed by atoms with van der Waals surface area (Å²) in [6.45, 7) is 4.81. The molecule has 156 valence electrons. The lowest BCUT2D eigenvalue weighted by Crippen LogP contribution is -2.42. The van der Waals surface area contributed by atoms with Crippen molar-refractivity contribution in [2.24, 2.45) is 4.99 Å². The Kier molecular flexibility index (Phi) is 9.87. The molecule has 0 spiro atoms. The van der Waals surface area contributed by atoms with Crippen LogP contribution in [0.3, 0.4) is 0 Å². The summed E-state index contributed by atoms with van der Waals surface area (Å²) >= 11 is 0. The molecule has 0 aliphatic heterocycles. The Morgan fingerprint density at radius 2 is 2.14 bits per heavy atom. The summed E-state index contributed by atoms with van der Waals surface area (Å²) in [5, 5.41) is 6.29. The molecule has 7 nitrogen and oxygen atoms in total. The van der Waals surface area contributed by atoms with Crippen molar-refractivity contribution in [2.45, 2.75) is 32.9 Å². The van der Waals surface area contributed by atoms with Crippen LogP contribution in [0.1, 0.15) is 25.8 Å². The molecule has 28 heavy (non-hydrogen) atoms. The van der Waals surface area contributed by atoms with Gasteiger partial charge in [0.05, 0.1) is 24.3 Å². The van der Waals surface area contributed by atoms with Gasteiger partial charge >= 0.3 is 0 Å². The first kappa shape index (κ1) is 24.3. The molecule has 2 N–H and O–H groups in total. The molecule has 0 radical (unpaired) electrons. The van der Waals surface area contributed by atoms with Crippen LogP contribution in [0.5, 0.6) is 0 Å². The van der Waals surface area contributed by atoms with Crippen LogP contribution in [0.2, 0.25) is 0 Å². The molecule has 2 aromatic rings. The van der Waals surface area contributed by atoms with Gasteiger partial charge in [-0.3, -0.25) is 0 Å². The molecule has 1 aromatic carbocycles. The molecule has 0 aliphatic rings. The number of aliphatic imine (C=N–C) groups is 1. The number of nitrogens with one attached hydrogen (secondary N) is 2. The minimum atomic E-state index is -3.00. The van der Waals surface area contributed by atoms with Crippen molar-refractivity contribution in [3.05, 3.63) is 48.3 Å². The summed E-state index contributed by atoms with van der Waals surface area (Å²) in [6, 6.07) is 4.91. The average Bonchev–Trinajstić information content (AvgIpc) is 3.12. The number of halogens is 2. The van der Waals surface area contributed by atoms with Crippen molar-refractivity contribution in [1.82, 2.24) is 20.2 Å². The van der Waals surface area contributed by atoms with Crippen molar-refractivity contribution in [2.75, 3.05) is 18.6 Å². The minimum absolute atomic E-state index is 0. The van der Waals surface area contributed by atoms with E-state index >= 15 is 0 Å². The summed E-state index contributed by atoms with van der Waals surface area (Å²) in [5.41, 5.74) is 1.16. The standard InChI is InChI=1S/C18H26FN5O2S.HI/c1-4-21-18(23-14(2)7-10-27(3,25)26)22-12-15-5-6-17(16(19)11-15)24-9-8-20-13-24;/h5-6,8-9,11,13-14H,4,7,10,12H2,1-3H3,(H2,21,22,23);1H. The third kappa shape index (κ3) is 8.13. The highest BCUT2D eigenvalue weighted by atomic mass is 127. The fourth-order valence-corrected chi connectivity index (χ4v) is 3.23. The quantitative estimate of drug-likeness (QED) is 0.316. The molecule has 1 atom stereocenters. The van der Waals surface area contributed by atoms with Crippen LogP contribution in [0.15, 0.2) is 41.9 Å². The highest BCUT2D eigenvalue weighted by Gasteiger charge is 2.10. The van der Waals surface area contributed by atoms with Crippen molar-refractivity contribution in [1.29, 1.82) is 0 Å². The maximum absolute atomic E-state index is 14.3. The maximum atomic E-state index is 14.3. The molecule has 0 aliphatic carbocycles. The SMILES string of the molecule is CCNC(=NCc1ccc(-n2ccnc2)c(F)c1)NC(C)CCS(C)(=O)=O.I. The maximum Gasteiger partial charge on any atom is 0.191 e. The average molecular weight is 523 g/mol. The van der Waals surface area contributed by atoms with E-state index in [1.165, 1.54) is 12.3 Å². The number of rotatable bonds is 8. The summed E-state index contributed by atoms with van der Waals surface area (Å²) in [6.07, 6.45) is 6.53. The van der Waals surface area contributed by atoms with Gasteiger partial charge in [0.2, 0.25) is 0 Å². The van der Waals surface area contributed by atoms with Crippen LogP contribution in [0.4, 0.5) is 4.39 Å². The minimum Gasteiger partial charge on any atom is -0.357 e. The van der Waals surface area contributed by atoms with Gasteiger partial charge in [-0.2, -0.15) is 0 Å². The van der Waals surface area contributed by atoms with E-state index in [2.05, 4.69) is 20.6 Å². The molecule has 0 saturated carbocycles. The lowest BCUT2D eigenvalue weighted by molar-refractivity contribution is 0.581. The van der Waals surface area contributed by atoms with E-state index in [1.807, 2.05) is 19.9 Å². The number of nitrogens with zero attached hydrogens (tertiary/aromatic N) is 3. The van der Waals surface area contributed by atoms with Crippen LogP contribution >= 0.6 is 24.0 Å². The molecule has 0 saturated heterocycles. The largest absolute Gasteiger partial charge is 0.357 e. The Bertz CT molecular complexity index is 872. The van der Waals surface area contributed by atoms with Gasteiger partial charge in [-0.1, -0.05) is 6.07 Å². The Morgan fingerprint density at radius 1 is 1.39 bits per heavy atom. The van der Waals surface area contributed by atoms with Crippen molar-refractivity contribution in [3.63, 3.8) is 0 Å². The summed E-state index contributed by atoms with van der Waals surface area (Å²) in [7, 11) is -3.00. The van der Waals surface area contributed by atoms with Gasteiger partial charge in [0.25, 0.3) is 0 Å². The number of aromatic nitrogens is 2. The van der Waals surface area contributed by atoms with E-state index in [0.717, 1.165) is 5.56 Å². The van der Waals surface area contributed by atoms with Crippen molar-refractivity contribution in [3.8, 4) is 5.69 Å². The number of sulfone groups is 1. The van der Waals surface area contributed by atoms with Crippen molar-refractivity contribution < 1.29 is 12.8 Å². The Morgan fingerprint density at radius 3 is 2.71 bits per heavy atom. The fourth-order valence-electron chi connectivity index (χ4n) is 2.45. The second-order valence-electron chi connectivity index (χ2n) is 6.41. The molecular formula is C18H27FIN5O2S. The normalized spacial score (nSPS) is 12.9. The number of imidazole rings is 1.